The van der Waals surface area contributed by atoms with Gasteiger partial charge in [0.25, 0.3) is 23.7 Å². The number of carboxylic acid groups (broad SMARTS) is 1. The van der Waals surface area contributed by atoms with Crippen molar-refractivity contribution in [3.63, 3.8) is 0 Å². The third-order valence-corrected chi connectivity index (χ3v) is 8.84. The van der Waals surface area contributed by atoms with Crippen molar-refractivity contribution in [2.75, 3.05) is 37.3 Å². The number of aromatic nitrogens is 2. The Balaban J connectivity index is 1.24. The van der Waals surface area contributed by atoms with Crippen LogP contribution in [0, 0.1) is 5.92 Å². The topological polar surface area (TPSA) is 248 Å². The lowest BCUT2D eigenvalue weighted by Gasteiger charge is -2.50. The number of carboxylic acids is 1. The van der Waals surface area contributed by atoms with Crippen molar-refractivity contribution in [3.8, 4) is 16.9 Å². The van der Waals surface area contributed by atoms with Gasteiger partial charge in [-0.25, -0.2) is 14.3 Å². The summed E-state index contributed by atoms with van der Waals surface area (Å²) < 4.78 is 43.2. The van der Waals surface area contributed by atoms with E-state index in [2.05, 4.69) is 30.4 Å². The second kappa shape index (κ2) is 14.3. The van der Waals surface area contributed by atoms with Gasteiger partial charge in [0.1, 0.15) is 24.1 Å². The minimum absolute atomic E-state index is 0.0629. The molecule has 0 bridgehead atoms. The molecule has 2 fully saturated rings. The summed E-state index contributed by atoms with van der Waals surface area (Å²) in [6.07, 6.45) is 0.288. The molecule has 20 heteroatoms. The molecule has 2 aromatic heterocycles. The molecule has 18 nitrogen and oxygen atoms in total. The van der Waals surface area contributed by atoms with E-state index in [0.717, 1.165) is 47.9 Å². The summed E-state index contributed by atoms with van der Waals surface area (Å²) in [6.45, 7) is 5.10. The number of carbonyl (C=O) groups is 3. The summed E-state index contributed by atoms with van der Waals surface area (Å²) in [6, 6.07) is 9.73. The van der Waals surface area contributed by atoms with Crippen molar-refractivity contribution in [3.05, 3.63) is 53.7 Å². The molecule has 2 aliphatic rings. The van der Waals surface area contributed by atoms with Gasteiger partial charge in [0.2, 0.25) is 0 Å². The van der Waals surface area contributed by atoms with Gasteiger partial charge in [-0.2, -0.15) is 13.5 Å². The van der Waals surface area contributed by atoms with Gasteiger partial charge in [-0.05, 0) is 43.2 Å². The first kappa shape index (κ1) is 35.4. The summed E-state index contributed by atoms with van der Waals surface area (Å²) >= 11 is 0.964. The summed E-state index contributed by atoms with van der Waals surface area (Å²) in [7, 11) is -3.05. The van der Waals surface area contributed by atoms with E-state index in [1.54, 1.807) is 12.1 Å². The second-order valence-corrected chi connectivity index (χ2v) is 13.7. The van der Waals surface area contributed by atoms with E-state index in [1.807, 2.05) is 42.1 Å². The number of β-lactam (4-membered cyclic amide) rings is 1. The molecule has 49 heavy (non-hydrogen) atoms. The highest BCUT2D eigenvalue weighted by molar-refractivity contribution is 7.80. The largest absolute Gasteiger partial charge is 0.489 e. The second-order valence-electron chi connectivity index (χ2n) is 11.8. The number of nitrogen functional groups attached to an aromatic ring is 1. The number of pyridine rings is 1. The first-order chi connectivity index (χ1) is 23.1. The Morgan fingerprint density at radius 3 is 2.53 bits per heavy atom. The maximum Gasteiger partial charge on any atom is 0.418 e. The average molecular weight is 720 g/mol. The normalized spacial score (nSPS) is 18.2. The number of nitrogens with zero attached hydrogens (tertiary/aromatic N) is 4. The number of rotatable bonds is 15. The first-order valence-corrected chi connectivity index (χ1v) is 17.0. The predicted octanol–water partition coefficient (Wildman–Crippen LogP) is -0.0590. The maximum atomic E-state index is 13.3. The summed E-state index contributed by atoms with van der Waals surface area (Å²) in [5.74, 6) is -1.53. The molecule has 0 saturated carbocycles. The van der Waals surface area contributed by atoms with Crippen molar-refractivity contribution in [1.82, 2.24) is 20.7 Å². The van der Waals surface area contributed by atoms with Crippen molar-refractivity contribution in [2.45, 2.75) is 31.5 Å². The van der Waals surface area contributed by atoms with Gasteiger partial charge < -0.3 is 31.0 Å². The minimum Gasteiger partial charge on any atom is -0.489 e. The van der Waals surface area contributed by atoms with E-state index < -0.39 is 58.2 Å². The van der Waals surface area contributed by atoms with Crippen LogP contribution in [0.4, 0.5) is 10.9 Å². The number of carbonyl (C=O) groups excluding carboxylic acids is 2. The maximum absolute atomic E-state index is 13.3. The van der Waals surface area contributed by atoms with Gasteiger partial charge in [-0.1, -0.05) is 17.3 Å². The zero-order chi connectivity index (χ0) is 35.5. The highest BCUT2D eigenvalue weighted by Gasteiger charge is 2.58. The minimum atomic E-state index is -5.02. The van der Waals surface area contributed by atoms with Crippen molar-refractivity contribution in [2.24, 2.45) is 18.1 Å². The molecule has 0 radical (unpaired) electrons. The third kappa shape index (κ3) is 8.40. The average Bonchev–Trinajstić information content (AvgIpc) is 3.45. The fourth-order valence-electron chi connectivity index (χ4n) is 4.87. The molecule has 2 aliphatic heterocycles. The van der Waals surface area contributed by atoms with Gasteiger partial charge in [0, 0.05) is 30.5 Å². The molecule has 4 heterocycles. The highest BCUT2D eigenvalue weighted by atomic mass is 32.3. The monoisotopic (exact) mass is 719 g/mol. The smallest absolute Gasteiger partial charge is 0.418 e. The zero-order valence-corrected chi connectivity index (χ0v) is 28.2. The van der Waals surface area contributed by atoms with E-state index in [0.29, 0.717) is 16.7 Å². The van der Waals surface area contributed by atoms with Crippen LogP contribution in [0.3, 0.4) is 0 Å². The Bertz CT molecular complexity index is 1860. The van der Waals surface area contributed by atoms with Crippen LogP contribution in [0.2, 0.25) is 0 Å². The number of nitrogens with one attached hydrogen (secondary N) is 3. The number of hydrogen-bond donors (Lipinski definition) is 6. The fourth-order valence-corrected chi connectivity index (χ4v) is 5.87. The lowest BCUT2D eigenvalue weighted by molar-refractivity contribution is -0.657. The van der Waals surface area contributed by atoms with Gasteiger partial charge in [0.05, 0.1) is 25.3 Å². The number of anilines is 2. The molecular weight excluding hydrogens is 684 g/mol. The predicted molar refractivity (Wildman–Crippen MR) is 174 cm³/mol. The standard InChI is InChI=1S/C29H34N8O10S2/c1-29(2)24(26(39)37(29)47-49(42,43)44)34-25(38)23(20-15-48-28(30)33-20)35-46-21(27(40)41)14-45-19-6-4-17(5-7-19)18-8-9-36(3)22(10-18)32-13-16-11-31-12-16/h4-10,15-16,21,24,31H,11-14H2,1-3H3,(H5,30,33,34,38,40,41,42,43,44)/p+1/b35-23-/t21?,24-/m1/s1. The van der Waals surface area contributed by atoms with Crippen LogP contribution in [0.15, 0.2) is 53.1 Å². The van der Waals surface area contributed by atoms with E-state index >= 15 is 0 Å². The number of thiazole rings is 1. The fraction of sp³-hybridized carbons (Fsp3) is 0.379. The summed E-state index contributed by atoms with van der Waals surface area (Å²) in [4.78, 5) is 47.0. The number of aryl methyl sites for hydroxylation is 1. The van der Waals surface area contributed by atoms with Crippen molar-refractivity contribution in [1.29, 1.82) is 0 Å². The Morgan fingerprint density at radius 1 is 1.24 bits per heavy atom. The van der Waals surface area contributed by atoms with Crippen LogP contribution in [0.5, 0.6) is 5.75 Å². The Kier molecular flexibility index (Phi) is 10.3. The quantitative estimate of drug-likeness (QED) is 0.0396. The molecular formula is C29H35N8O10S2+. The molecule has 2 atom stereocenters. The number of hydroxylamine groups is 2. The number of amides is 2. The SMILES string of the molecule is C[n+]1ccc(-c2ccc(OCC(O/N=C(\C(=O)N[C@@H]3C(=O)N(OS(=O)(=O)O)C3(C)C)c3csc(N)n3)C(=O)O)cc2)cc1NCC1CNC1. The first-order valence-electron chi connectivity index (χ1n) is 14.8. The summed E-state index contributed by atoms with van der Waals surface area (Å²) in [5.41, 5.74) is 5.57. The number of ether oxygens (including phenoxy) is 1. The molecule has 1 aromatic carbocycles. The molecule has 3 aromatic rings. The van der Waals surface area contributed by atoms with E-state index in [9.17, 15) is 27.9 Å². The number of hydrogen-bond acceptors (Lipinski definition) is 14. The molecule has 0 aliphatic carbocycles. The van der Waals surface area contributed by atoms with Crippen LogP contribution in [-0.2, 0) is 41.0 Å². The molecule has 2 amide bonds. The molecule has 7 N–H and O–H groups in total. The van der Waals surface area contributed by atoms with Gasteiger partial charge in [-0.15, -0.1) is 15.6 Å². The molecule has 0 spiro atoms. The Labute approximate surface area is 284 Å². The third-order valence-electron chi connectivity index (χ3n) is 7.82. The highest BCUT2D eigenvalue weighted by Crippen LogP contribution is 2.33. The van der Waals surface area contributed by atoms with E-state index in [-0.39, 0.29) is 10.8 Å². The molecule has 2 saturated heterocycles. The van der Waals surface area contributed by atoms with Crippen LogP contribution in [-0.4, -0.2) is 95.5 Å². The summed E-state index contributed by atoms with van der Waals surface area (Å²) in [5, 5.41) is 24.4. The van der Waals surface area contributed by atoms with Crippen LogP contribution in [0.25, 0.3) is 11.1 Å². The van der Waals surface area contributed by atoms with E-state index in [1.165, 1.54) is 19.2 Å². The Morgan fingerprint density at radius 2 is 1.96 bits per heavy atom. The number of oxime groups is 1. The Hall–Kier alpha value is -4.89. The zero-order valence-electron chi connectivity index (χ0n) is 26.5. The van der Waals surface area contributed by atoms with Crippen LogP contribution >= 0.6 is 11.3 Å². The number of nitrogens with two attached hydrogens (primary N) is 1. The molecule has 262 valence electrons. The molecule has 5 rings (SSSR count). The van der Waals surface area contributed by atoms with Gasteiger partial charge in [-0.3, -0.25) is 19.5 Å². The van der Waals surface area contributed by atoms with Crippen molar-refractivity contribution < 1.29 is 50.9 Å². The van der Waals surface area contributed by atoms with Gasteiger partial charge >= 0.3 is 16.4 Å². The lowest BCUT2D eigenvalue weighted by Crippen LogP contribution is -2.76. The van der Waals surface area contributed by atoms with Crippen LogP contribution < -0.4 is 31.0 Å². The van der Waals surface area contributed by atoms with Crippen LogP contribution in [0.1, 0.15) is 19.5 Å². The number of benzene rings is 1. The molecule has 1 unspecified atom stereocenters. The lowest BCUT2D eigenvalue weighted by atomic mass is 9.84. The van der Waals surface area contributed by atoms with E-state index in [4.69, 9.17) is 19.9 Å². The van der Waals surface area contributed by atoms with Crippen molar-refractivity contribution >= 4 is 56.2 Å². The van der Waals surface area contributed by atoms with Gasteiger partial charge in [0.15, 0.2) is 10.8 Å². The number of aliphatic carboxylic acids is 1.